The summed E-state index contributed by atoms with van der Waals surface area (Å²) in [5, 5.41) is 11.9. The number of unbranched alkanes of at least 4 members (excludes halogenated alkanes) is 2. The molecule has 0 spiro atoms. The first-order chi connectivity index (χ1) is 9.79. The van der Waals surface area contributed by atoms with Crippen LogP contribution in [-0.2, 0) is 11.3 Å². The van der Waals surface area contributed by atoms with Gasteiger partial charge < -0.3 is 19.9 Å². The van der Waals surface area contributed by atoms with E-state index in [2.05, 4.69) is 5.32 Å². The zero-order valence-corrected chi connectivity index (χ0v) is 12.0. The normalized spacial score (nSPS) is 10.8. The summed E-state index contributed by atoms with van der Waals surface area (Å²) >= 11 is 0. The van der Waals surface area contributed by atoms with Crippen LogP contribution in [0.1, 0.15) is 24.8 Å². The number of halogens is 1. The lowest BCUT2D eigenvalue weighted by Crippen LogP contribution is -2.19. The molecule has 0 unspecified atom stereocenters. The van der Waals surface area contributed by atoms with Crippen molar-refractivity contribution in [3.05, 3.63) is 29.6 Å². The summed E-state index contributed by atoms with van der Waals surface area (Å²) in [6.45, 7) is 2.53. The molecule has 0 aromatic heterocycles. The molecule has 5 heteroatoms. The van der Waals surface area contributed by atoms with Gasteiger partial charge in [-0.15, -0.1) is 0 Å². The molecule has 1 rings (SSSR count). The molecule has 114 valence electrons. The van der Waals surface area contributed by atoms with Crippen LogP contribution in [0.4, 0.5) is 4.39 Å². The van der Waals surface area contributed by atoms with E-state index < -0.39 is 0 Å². The largest absolute Gasteiger partial charge is 0.490 e. The maximum atomic E-state index is 13.8. The number of para-hydroxylation sites is 1. The van der Waals surface area contributed by atoms with Crippen LogP contribution < -0.4 is 10.1 Å². The predicted molar refractivity (Wildman–Crippen MR) is 76.4 cm³/mol. The Morgan fingerprint density at radius 1 is 1.20 bits per heavy atom. The number of aliphatic hydroxyl groups is 1. The maximum Gasteiger partial charge on any atom is 0.165 e. The maximum absolute atomic E-state index is 13.8. The quantitative estimate of drug-likeness (QED) is 0.611. The van der Waals surface area contributed by atoms with Gasteiger partial charge in [-0.25, -0.2) is 4.39 Å². The average Bonchev–Trinajstić information content (AvgIpc) is 2.45. The van der Waals surface area contributed by atoms with Gasteiger partial charge in [0.2, 0.25) is 0 Å². The molecule has 4 nitrogen and oxygen atoms in total. The third kappa shape index (κ3) is 6.32. The summed E-state index contributed by atoms with van der Waals surface area (Å²) in [5.41, 5.74) is 0.809. The number of benzene rings is 1. The molecule has 0 amide bonds. The molecule has 0 aliphatic heterocycles. The second kappa shape index (κ2) is 10.6. The standard InChI is InChI=1S/C15H24FNO3/c1-19-11-8-17-12-13-6-5-7-14(16)15(13)20-10-4-2-3-9-18/h5-7,17-18H,2-4,8-12H2,1H3. The molecular formula is C15H24FNO3. The number of hydrogen-bond acceptors (Lipinski definition) is 4. The molecule has 0 atom stereocenters. The highest BCUT2D eigenvalue weighted by Gasteiger charge is 2.09. The fourth-order valence-corrected chi connectivity index (χ4v) is 1.82. The first-order valence-corrected chi connectivity index (χ1v) is 7.00. The van der Waals surface area contributed by atoms with E-state index in [0.717, 1.165) is 24.8 Å². The Labute approximate surface area is 119 Å². The lowest BCUT2D eigenvalue weighted by molar-refractivity contribution is 0.199. The molecule has 0 aliphatic rings. The van der Waals surface area contributed by atoms with E-state index in [9.17, 15) is 4.39 Å². The Morgan fingerprint density at radius 3 is 2.80 bits per heavy atom. The first-order valence-electron chi connectivity index (χ1n) is 7.00. The Morgan fingerprint density at radius 2 is 2.05 bits per heavy atom. The van der Waals surface area contributed by atoms with Crippen LogP contribution in [0.2, 0.25) is 0 Å². The SMILES string of the molecule is COCCNCc1cccc(F)c1OCCCCCO. The summed E-state index contributed by atoms with van der Waals surface area (Å²) in [7, 11) is 1.64. The van der Waals surface area contributed by atoms with Crippen molar-refractivity contribution in [1.29, 1.82) is 0 Å². The number of hydrogen-bond donors (Lipinski definition) is 2. The highest BCUT2D eigenvalue weighted by atomic mass is 19.1. The second-order valence-electron chi connectivity index (χ2n) is 4.53. The monoisotopic (exact) mass is 285 g/mol. The molecule has 0 saturated heterocycles. The summed E-state index contributed by atoms with van der Waals surface area (Å²) in [6, 6.07) is 4.94. The van der Waals surface area contributed by atoms with Gasteiger partial charge in [-0.05, 0) is 25.3 Å². The van der Waals surface area contributed by atoms with Crippen molar-refractivity contribution >= 4 is 0 Å². The highest BCUT2D eigenvalue weighted by Crippen LogP contribution is 2.23. The lowest BCUT2D eigenvalue weighted by atomic mass is 10.2. The van der Waals surface area contributed by atoms with Gasteiger partial charge in [-0.1, -0.05) is 12.1 Å². The van der Waals surface area contributed by atoms with Gasteiger partial charge in [0, 0.05) is 32.4 Å². The summed E-state index contributed by atoms with van der Waals surface area (Å²) in [6.07, 6.45) is 2.45. The van der Waals surface area contributed by atoms with Crippen molar-refractivity contribution in [1.82, 2.24) is 5.32 Å². The van der Waals surface area contributed by atoms with Crippen LogP contribution in [0, 0.1) is 5.82 Å². The van der Waals surface area contributed by atoms with Crippen molar-refractivity contribution in [2.24, 2.45) is 0 Å². The number of aliphatic hydroxyl groups excluding tert-OH is 1. The third-order valence-electron chi connectivity index (χ3n) is 2.90. The molecule has 0 radical (unpaired) electrons. The molecule has 20 heavy (non-hydrogen) atoms. The predicted octanol–water partition coefficient (Wildman–Crippen LogP) is 2.10. The van der Waals surface area contributed by atoms with Crippen LogP contribution in [-0.4, -0.2) is 38.6 Å². The van der Waals surface area contributed by atoms with E-state index in [0.29, 0.717) is 32.1 Å². The van der Waals surface area contributed by atoms with Gasteiger partial charge in [0.15, 0.2) is 11.6 Å². The fourth-order valence-electron chi connectivity index (χ4n) is 1.82. The number of methoxy groups -OCH3 is 1. The van der Waals surface area contributed by atoms with Crippen molar-refractivity contribution < 1.29 is 19.0 Å². The van der Waals surface area contributed by atoms with Crippen LogP contribution in [0.5, 0.6) is 5.75 Å². The Balaban J connectivity index is 2.45. The molecule has 0 heterocycles. The van der Waals surface area contributed by atoms with Gasteiger partial charge in [0.05, 0.1) is 13.2 Å². The Kier molecular flexibility index (Phi) is 8.95. The van der Waals surface area contributed by atoms with Gasteiger partial charge in [-0.3, -0.25) is 0 Å². The fraction of sp³-hybridized carbons (Fsp3) is 0.600. The minimum absolute atomic E-state index is 0.189. The lowest BCUT2D eigenvalue weighted by Gasteiger charge is -2.13. The minimum atomic E-state index is -0.335. The van der Waals surface area contributed by atoms with E-state index in [1.54, 1.807) is 13.2 Å². The number of nitrogens with one attached hydrogen (secondary N) is 1. The molecule has 0 fully saturated rings. The van der Waals surface area contributed by atoms with Gasteiger partial charge in [-0.2, -0.15) is 0 Å². The smallest absolute Gasteiger partial charge is 0.165 e. The molecule has 0 aliphatic carbocycles. The van der Waals surface area contributed by atoms with E-state index in [-0.39, 0.29) is 12.4 Å². The topological polar surface area (TPSA) is 50.7 Å². The van der Waals surface area contributed by atoms with E-state index >= 15 is 0 Å². The van der Waals surface area contributed by atoms with Crippen LogP contribution in [0.3, 0.4) is 0 Å². The van der Waals surface area contributed by atoms with Crippen molar-refractivity contribution in [3.63, 3.8) is 0 Å². The van der Waals surface area contributed by atoms with E-state index in [1.807, 2.05) is 6.07 Å². The Bertz CT molecular complexity index is 374. The molecule has 0 bridgehead atoms. The highest BCUT2D eigenvalue weighted by molar-refractivity contribution is 5.34. The summed E-state index contributed by atoms with van der Waals surface area (Å²) in [5.74, 6) is -0.0142. The summed E-state index contributed by atoms with van der Waals surface area (Å²) < 4.78 is 24.3. The van der Waals surface area contributed by atoms with Crippen molar-refractivity contribution in [2.45, 2.75) is 25.8 Å². The summed E-state index contributed by atoms with van der Waals surface area (Å²) in [4.78, 5) is 0. The Hall–Kier alpha value is -1.17. The van der Waals surface area contributed by atoms with Gasteiger partial charge in [0.1, 0.15) is 0 Å². The van der Waals surface area contributed by atoms with Crippen LogP contribution >= 0.6 is 0 Å². The molecule has 0 saturated carbocycles. The molecular weight excluding hydrogens is 261 g/mol. The van der Waals surface area contributed by atoms with Gasteiger partial charge >= 0.3 is 0 Å². The zero-order valence-electron chi connectivity index (χ0n) is 12.0. The van der Waals surface area contributed by atoms with Crippen LogP contribution in [0.25, 0.3) is 0 Å². The first kappa shape index (κ1) is 16.9. The number of rotatable bonds is 11. The molecule has 2 N–H and O–H groups in total. The number of ether oxygens (including phenoxy) is 2. The van der Waals surface area contributed by atoms with Gasteiger partial charge in [0.25, 0.3) is 0 Å². The van der Waals surface area contributed by atoms with Crippen LogP contribution in [0.15, 0.2) is 18.2 Å². The van der Waals surface area contributed by atoms with E-state index in [4.69, 9.17) is 14.6 Å². The van der Waals surface area contributed by atoms with Crippen molar-refractivity contribution in [2.75, 3.05) is 33.5 Å². The third-order valence-corrected chi connectivity index (χ3v) is 2.90. The molecule has 1 aromatic carbocycles. The van der Waals surface area contributed by atoms with Crippen molar-refractivity contribution in [3.8, 4) is 5.75 Å². The molecule has 1 aromatic rings. The second-order valence-corrected chi connectivity index (χ2v) is 4.53. The zero-order chi connectivity index (χ0) is 14.6. The van der Waals surface area contributed by atoms with E-state index in [1.165, 1.54) is 6.07 Å². The average molecular weight is 285 g/mol. The minimum Gasteiger partial charge on any atom is -0.490 e.